The van der Waals surface area contributed by atoms with Gasteiger partial charge in [-0.3, -0.25) is 4.68 Å². The van der Waals surface area contributed by atoms with Crippen LogP contribution in [0.2, 0.25) is 0 Å². The van der Waals surface area contributed by atoms with Gasteiger partial charge in [0.1, 0.15) is 0 Å². The van der Waals surface area contributed by atoms with Crippen molar-refractivity contribution in [1.82, 2.24) is 25.1 Å². The highest BCUT2D eigenvalue weighted by Crippen LogP contribution is 2.16. The fraction of sp³-hybridized carbons (Fsp3) is 0.462. The van der Waals surface area contributed by atoms with E-state index in [1.165, 1.54) is 0 Å². The standard InChI is InChI=1S/C13H19N5O/c1-3-5-18-10-12(9-17-18)19-13-15-7-11(8-16-13)6-14-4-2/h7-10,14H,3-6H2,1-2H3. The molecule has 0 unspecified atom stereocenters. The van der Waals surface area contributed by atoms with Crippen molar-refractivity contribution in [3.63, 3.8) is 0 Å². The molecule has 0 fully saturated rings. The van der Waals surface area contributed by atoms with Crippen molar-refractivity contribution < 1.29 is 4.74 Å². The summed E-state index contributed by atoms with van der Waals surface area (Å²) >= 11 is 0. The van der Waals surface area contributed by atoms with E-state index in [1.54, 1.807) is 18.6 Å². The van der Waals surface area contributed by atoms with Crippen LogP contribution in [0.3, 0.4) is 0 Å². The lowest BCUT2D eigenvalue weighted by molar-refractivity contribution is 0.439. The maximum atomic E-state index is 5.54. The Kier molecular flexibility index (Phi) is 4.85. The highest BCUT2D eigenvalue weighted by atomic mass is 16.5. The van der Waals surface area contributed by atoms with E-state index in [4.69, 9.17) is 4.74 Å². The minimum Gasteiger partial charge on any atom is -0.421 e. The SMILES string of the molecule is CCCn1cc(Oc2ncc(CNCC)cn2)cn1. The quantitative estimate of drug-likeness (QED) is 0.825. The fourth-order valence-electron chi connectivity index (χ4n) is 1.61. The van der Waals surface area contributed by atoms with Crippen LogP contribution in [0, 0.1) is 0 Å². The summed E-state index contributed by atoms with van der Waals surface area (Å²) in [6, 6.07) is 0.344. The summed E-state index contributed by atoms with van der Waals surface area (Å²) in [6.45, 7) is 6.74. The van der Waals surface area contributed by atoms with Gasteiger partial charge in [-0.15, -0.1) is 0 Å². The Morgan fingerprint density at radius 3 is 2.68 bits per heavy atom. The van der Waals surface area contributed by atoms with Crippen molar-refractivity contribution >= 4 is 0 Å². The van der Waals surface area contributed by atoms with Gasteiger partial charge in [-0.05, 0) is 13.0 Å². The summed E-state index contributed by atoms with van der Waals surface area (Å²) in [7, 11) is 0. The zero-order valence-electron chi connectivity index (χ0n) is 11.3. The summed E-state index contributed by atoms with van der Waals surface area (Å²) in [5, 5.41) is 7.40. The lowest BCUT2D eigenvalue weighted by Gasteiger charge is -2.03. The van der Waals surface area contributed by atoms with Crippen molar-refractivity contribution in [2.24, 2.45) is 0 Å². The number of hydrogen-bond acceptors (Lipinski definition) is 5. The summed E-state index contributed by atoms with van der Waals surface area (Å²) < 4.78 is 7.38. The van der Waals surface area contributed by atoms with Crippen molar-refractivity contribution in [3.05, 3.63) is 30.4 Å². The molecule has 0 aliphatic rings. The first-order valence-electron chi connectivity index (χ1n) is 6.53. The molecule has 0 radical (unpaired) electrons. The Morgan fingerprint density at radius 2 is 2.00 bits per heavy atom. The van der Waals surface area contributed by atoms with Gasteiger partial charge in [0, 0.05) is 31.0 Å². The minimum atomic E-state index is 0.344. The molecule has 0 saturated heterocycles. The molecule has 0 bridgehead atoms. The third-order valence-electron chi connectivity index (χ3n) is 2.53. The number of nitrogens with one attached hydrogen (secondary N) is 1. The number of aryl methyl sites for hydroxylation is 1. The maximum Gasteiger partial charge on any atom is 0.321 e. The van der Waals surface area contributed by atoms with Crippen LogP contribution in [0.25, 0.3) is 0 Å². The van der Waals surface area contributed by atoms with Crippen LogP contribution >= 0.6 is 0 Å². The van der Waals surface area contributed by atoms with E-state index < -0.39 is 0 Å². The second-order valence-electron chi connectivity index (χ2n) is 4.20. The molecule has 0 aromatic carbocycles. The van der Waals surface area contributed by atoms with Crippen LogP contribution in [0.15, 0.2) is 24.8 Å². The zero-order chi connectivity index (χ0) is 13.5. The predicted octanol–water partition coefficient (Wildman–Crippen LogP) is 1.98. The Bertz CT molecular complexity index is 494. The third-order valence-corrected chi connectivity index (χ3v) is 2.53. The lowest BCUT2D eigenvalue weighted by Crippen LogP contribution is -2.12. The number of hydrogen-bond donors (Lipinski definition) is 1. The first-order valence-corrected chi connectivity index (χ1v) is 6.53. The van der Waals surface area contributed by atoms with E-state index >= 15 is 0 Å². The average Bonchev–Trinajstić information content (AvgIpc) is 2.86. The molecule has 19 heavy (non-hydrogen) atoms. The van der Waals surface area contributed by atoms with Crippen molar-refractivity contribution in [1.29, 1.82) is 0 Å². The summed E-state index contributed by atoms with van der Waals surface area (Å²) in [6.07, 6.45) is 8.09. The summed E-state index contributed by atoms with van der Waals surface area (Å²) in [5.74, 6) is 0.660. The second kappa shape index (κ2) is 6.84. The second-order valence-corrected chi connectivity index (χ2v) is 4.20. The van der Waals surface area contributed by atoms with E-state index in [2.05, 4.69) is 34.2 Å². The number of rotatable bonds is 7. The van der Waals surface area contributed by atoms with Gasteiger partial charge in [0.25, 0.3) is 0 Å². The largest absolute Gasteiger partial charge is 0.421 e. The average molecular weight is 261 g/mol. The van der Waals surface area contributed by atoms with Crippen LogP contribution in [-0.2, 0) is 13.1 Å². The van der Waals surface area contributed by atoms with Gasteiger partial charge < -0.3 is 10.1 Å². The van der Waals surface area contributed by atoms with E-state index in [1.807, 2.05) is 10.9 Å². The van der Waals surface area contributed by atoms with Gasteiger partial charge in [-0.2, -0.15) is 5.10 Å². The van der Waals surface area contributed by atoms with E-state index in [0.717, 1.165) is 31.6 Å². The number of aromatic nitrogens is 4. The Morgan fingerprint density at radius 1 is 1.21 bits per heavy atom. The highest BCUT2D eigenvalue weighted by Gasteiger charge is 2.03. The molecular weight excluding hydrogens is 242 g/mol. The number of nitrogens with zero attached hydrogens (tertiary/aromatic N) is 4. The van der Waals surface area contributed by atoms with Gasteiger partial charge >= 0.3 is 6.01 Å². The maximum absolute atomic E-state index is 5.54. The number of ether oxygens (including phenoxy) is 1. The molecule has 0 spiro atoms. The Hall–Kier alpha value is -1.95. The molecule has 2 rings (SSSR count). The molecule has 6 nitrogen and oxygen atoms in total. The third kappa shape index (κ3) is 4.03. The van der Waals surface area contributed by atoms with Crippen molar-refractivity contribution in [2.45, 2.75) is 33.4 Å². The van der Waals surface area contributed by atoms with Crippen LogP contribution in [-0.4, -0.2) is 26.3 Å². The van der Waals surface area contributed by atoms with Gasteiger partial charge in [0.15, 0.2) is 5.75 Å². The molecule has 0 amide bonds. The molecule has 6 heteroatoms. The predicted molar refractivity (Wildman–Crippen MR) is 72.0 cm³/mol. The fourth-order valence-corrected chi connectivity index (χ4v) is 1.61. The molecule has 2 heterocycles. The highest BCUT2D eigenvalue weighted by molar-refractivity contribution is 5.17. The molecule has 102 valence electrons. The van der Waals surface area contributed by atoms with Crippen molar-refractivity contribution in [2.75, 3.05) is 6.54 Å². The van der Waals surface area contributed by atoms with Gasteiger partial charge in [0.05, 0.1) is 12.4 Å². The zero-order valence-corrected chi connectivity index (χ0v) is 11.3. The Balaban J connectivity index is 1.94. The van der Waals surface area contributed by atoms with Crippen LogP contribution in [0.4, 0.5) is 0 Å². The van der Waals surface area contributed by atoms with E-state index in [9.17, 15) is 0 Å². The monoisotopic (exact) mass is 261 g/mol. The molecular formula is C13H19N5O. The molecule has 2 aromatic heterocycles. The first kappa shape index (κ1) is 13.5. The minimum absolute atomic E-state index is 0.344. The first-order chi connectivity index (χ1) is 9.31. The topological polar surface area (TPSA) is 64.9 Å². The molecule has 0 aliphatic heterocycles. The molecule has 1 N–H and O–H groups in total. The summed E-state index contributed by atoms with van der Waals surface area (Å²) in [5.41, 5.74) is 1.04. The van der Waals surface area contributed by atoms with Crippen LogP contribution < -0.4 is 10.1 Å². The van der Waals surface area contributed by atoms with Crippen LogP contribution in [0.5, 0.6) is 11.8 Å². The molecule has 0 saturated carbocycles. The lowest BCUT2D eigenvalue weighted by atomic mass is 10.3. The molecule has 0 atom stereocenters. The molecule has 0 aliphatic carbocycles. The smallest absolute Gasteiger partial charge is 0.321 e. The van der Waals surface area contributed by atoms with Gasteiger partial charge in [0.2, 0.25) is 0 Å². The van der Waals surface area contributed by atoms with E-state index in [-0.39, 0.29) is 0 Å². The summed E-state index contributed by atoms with van der Waals surface area (Å²) in [4.78, 5) is 8.34. The molecule has 2 aromatic rings. The van der Waals surface area contributed by atoms with Gasteiger partial charge in [-0.1, -0.05) is 13.8 Å². The Labute approximate surface area is 112 Å². The van der Waals surface area contributed by atoms with Crippen LogP contribution in [0.1, 0.15) is 25.8 Å². The van der Waals surface area contributed by atoms with Crippen molar-refractivity contribution in [3.8, 4) is 11.8 Å². The van der Waals surface area contributed by atoms with E-state index in [0.29, 0.717) is 11.8 Å². The normalized spacial score (nSPS) is 10.6. The van der Waals surface area contributed by atoms with Gasteiger partial charge in [-0.25, -0.2) is 9.97 Å².